The van der Waals surface area contributed by atoms with E-state index in [1.807, 2.05) is 13.0 Å². The van der Waals surface area contributed by atoms with E-state index >= 15 is 0 Å². The Balaban J connectivity index is 1.60. The summed E-state index contributed by atoms with van der Waals surface area (Å²) in [5, 5.41) is 26.1. The largest absolute Gasteiger partial charge is 0.411 e. The van der Waals surface area contributed by atoms with Gasteiger partial charge < -0.3 is 15.6 Å². The molecule has 8 atom stereocenters. The number of alkyl halides is 3. The van der Waals surface area contributed by atoms with Crippen LogP contribution < -0.4 is 5.32 Å². The van der Waals surface area contributed by atoms with Gasteiger partial charge in [0.05, 0.1) is 17.7 Å². The van der Waals surface area contributed by atoms with E-state index in [4.69, 9.17) is 0 Å². The molecule has 3 N–H and O–H groups in total. The molecule has 0 heterocycles. The lowest BCUT2D eigenvalue weighted by molar-refractivity contribution is -0.182. The van der Waals surface area contributed by atoms with Crippen molar-refractivity contribution < 1.29 is 33.1 Å². The van der Waals surface area contributed by atoms with Gasteiger partial charge >= 0.3 is 6.18 Å². The number of halogens is 3. The van der Waals surface area contributed by atoms with Crippen molar-refractivity contribution in [1.29, 1.82) is 0 Å². The SMILES string of the molecule is CC1(C)CC[C@]2(C(=O)NCC(F)(F)F)CC[C@]3(C)[C@H](C(=O)C=C4[C@@]5(C)CCC(=NO)[C@@](C)(CO)[C@@H]5CC[C@]43C)[C@@H]2C1. The van der Waals surface area contributed by atoms with Gasteiger partial charge in [0.25, 0.3) is 0 Å². The minimum Gasteiger partial charge on any atom is -0.411 e. The Bertz CT molecular complexity index is 1200. The van der Waals surface area contributed by atoms with Gasteiger partial charge in [0.15, 0.2) is 5.78 Å². The third kappa shape index (κ3) is 4.17. The van der Waals surface area contributed by atoms with Gasteiger partial charge in [-0.15, -0.1) is 0 Å². The first kappa shape index (κ1) is 30.6. The number of nitrogens with zero attached hydrogens (tertiary/aromatic N) is 1. The first-order chi connectivity index (χ1) is 18.8. The lowest BCUT2D eigenvalue weighted by atomic mass is 9.33. The van der Waals surface area contributed by atoms with Crippen LogP contribution in [-0.2, 0) is 9.59 Å². The lowest BCUT2D eigenvalue weighted by Crippen LogP contribution is -2.67. The summed E-state index contributed by atoms with van der Waals surface area (Å²) < 4.78 is 39.4. The van der Waals surface area contributed by atoms with Gasteiger partial charge in [-0.2, -0.15) is 13.2 Å². The Kier molecular flexibility index (Phi) is 6.93. The molecule has 0 aromatic rings. The number of rotatable bonds is 3. The fourth-order valence-electron chi connectivity index (χ4n) is 10.8. The fraction of sp³-hybridized carbons (Fsp3) is 0.844. The number of aliphatic hydroxyl groups excluding tert-OH is 1. The van der Waals surface area contributed by atoms with Gasteiger partial charge in [-0.25, -0.2) is 0 Å². The molecule has 230 valence electrons. The van der Waals surface area contributed by atoms with Crippen molar-refractivity contribution in [1.82, 2.24) is 5.32 Å². The average Bonchev–Trinajstić information content (AvgIpc) is 2.88. The summed E-state index contributed by atoms with van der Waals surface area (Å²) in [6.07, 6.45) is 3.06. The predicted molar refractivity (Wildman–Crippen MR) is 149 cm³/mol. The maximum absolute atomic E-state index is 14.4. The van der Waals surface area contributed by atoms with Crippen molar-refractivity contribution >= 4 is 17.4 Å². The number of hydrogen-bond acceptors (Lipinski definition) is 5. The van der Waals surface area contributed by atoms with Gasteiger partial charge in [-0.05, 0) is 97.4 Å². The molecule has 0 bridgehead atoms. The monoisotopic (exact) mass is 580 g/mol. The van der Waals surface area contributed by atoms with E-state index in [1.165, 1.54) is 0 Å². The lowest BCUT2D eigenvalue weighted by Gasteiger charge is -2.69. The van der Waals surface area contributed by atoms with Crippen molar-refractivity contribution in [2.75, 3.05) is 13.2 Å². The Morgan fingerprint density at radius 3 is 2.32 bits per heavy atom. The molecule has 9 heteroatoms. The number of oxime groups is 1. The molecule has 4 saturated carbocycles. The fourth-order valence-corrected chi connectivity index (χ4v) is 10.8. The highest BCUT2D eigenvalue weighted by Crippen LogP contribution is 2.75. The van der Waals surface area contributed by atoms with Crippen LogP contribution in [0.3, 0.4) is 0 Å². The van der Waals surface area contributed by atoms with Crippen molar-refractivity contribution in [2.45, 2.75) is 106 Å². The first-order valence-corrected chi connectivity index (χ1v) is 15.3. The van der Waals surface area contributed by atoms with Crippen LogP contribution in [0.25, 0.3) is 0 Å². The van der Waals surface area contributed by atoms with E-state index in [0.717, 1.165) is 24.8 Å². The van der Waals surface area contributed by atoms with E-state index in [1.54, 1.807) is 0 Å². The number of aliphatic hydroxyl groups is 1. The minimum absolute atomic E-state index is 0.00336. The topological polar surface area (TPSA) is 99.0 Å². The van der Waals surface area contributed by atoms with Crippen LogP contribution in [0, 0.1) is 50.2 Å². The summed E-state index contributed by atoms with van der Waals surface area (Å²) in [4.78, 5) is 28.1. The summed E-state index contributed by atoms with van der Waals surface area (Å²) >= 11 is 0. The van der Waals surface area contributed by atoms with Crippen LogP contribution in [0.4, 0.5) is 13.2 Å². The Hall–Kier alpha value is -1.90. The molecule has 4 fully saturated rings. The second-order valence-electron chi connectivity index (χ2n) is 15.7. The molecule has 0 aromatic carbocycles. The molecule has 5 aliphatic carbocycles. The Morgan fingerprint density at radius 1 is 1.05 bits per heavy atom. The Labute approximate surface area is 241 Å². The van der Waals surface area contributed by atoms with Crippen molar-refractivity contribution in [3.63, 3.8) is 0 Å². The number of carbonyl (C=O) groups excluding carboxylic acids is 2. The third-order valence-corrected chi connectivity index (χ3v) is 13.3. The highest BCUT2D eigenvalue weighted by atomic mass is 19.4. The minimum atomic E-state index is -4.50. The van der Waals surface area contributed by atoms with Crippen molar-refractivity contribution in [2.24, 2.45) is 55.4 Å². The number of ketones is 1. The second kappa shape index (κ2) is 9.30. The number of hydrogen-bond donors (Lipinski definition) is 3. The average molecular weight is 581 g/mol. The molecule has 6 nitrogen and oxygen atoms in total. The van der Waals surface area contributed by atoms with Crippen molar-refractivity contribution in [3.05, 3.63) is 11.6 Å². The summed E-state index contributed by atoms with van der Waals surface area (Å²) in [6, 6.07) is 0. The quantitative estimate of drug-likeness (QED) is 0.264. The van der Waals surface area contributed by atoms with Crippen LogP contribution in [0.5, 0.6) is 0 Å². The molecular weight excluding hydrogens is 533 g/mol. The van der Waals surface area contributed by atoms with Gasteiger partial charge in [0.1, 0.15) is 6.54 Å². The summed E-state index contributed by atoms with van der Waals surface area (Å²) in [5.74, 6) is -1.36. The number of allylic oxidation sites excluding steroid dienone is 2. The summed E-state index contributed by atoms with van der Waals surface area (Å²) in [5.41, 5.74) is -1.30. The number of fused-ring (bicyclic) bond motifs is 7. The van der Waals surface area contributed by atoms with Crippen molar-refractivity contribution in [3.8, 4) is 0 Å². The standard InChI is InChI=1S/C32H47F3N2O4/c1-26(2)11-13-31(25(40)36-17-32(33,34)35)14-12-30(6)24(19(31)16-26)20(39)15-22-27(3)9-8-23(37-41)28(4,18-38)21(27)7-10-29(22,30)5/h15,19,21,24,38,41H,7-14,16-18H2,1-6H3,(H,36,40)/t19-,21+,24-,27-,28-,29+,30+,31-/m0/s1. The van der Waals surface area contributed by atoms with Crippen LogP contribution in [-0.4, -0.2) is 47.0 Å². The molecule has 5 rings (SSSR count). The number of amides is 1. The zero-order chi connectivity index (χ0) is 30.4. The molecular formula is C32H47F3N2O4. The van der Waals surface area contributed by atoms with Gasteiger partial charge in [0, 0.05) is 11.3 Å². The molecule has 0 saturated heterocycles. The smallest absolute Gasteiger partial charge is 0.405 e. The molecule has 0 aliphatic heterocycles. The highest BCUT2D eigenvalue weighted by Gasteiger charge is 2.71. The van der Waals surface area contributed by atoms with E-state index in [2.05, 4.69) is 45.1 Å². The summed E-state index contributed by atoms with van der Waals surface area (Å²) in [7, 11) is 0. The summed E-state index contributed by atoms with van der Waals surface area (Å²) in [6.45, 7) is 11.4. The molecule has 0 unspecified atom stereocenters. The zero-order valence-electron chi connectivity index (χ0n) is 25.4. The normalized spacial score (nSPS) is 46.5. The predicted octanol–water partition coefficient (Wildman–Crippen LogP) is 6.45. The highest BCUT2D eigenvalue weighted by molar-refractivity contribution is 5.97. The van der Waals surface area contributed by atoms with E-state index in [9.17, 15) is 33.1 Å². The molecule has 0 radical (unpaired) electrons. The maximum Gasteiger partial charge on any atom is 0.405 e. The third-order valence-electron chi connectivity index (χ3n) is 13.3. The molecule has 0 aromatic heterocycles. The van der Waals surface area contributed by atoms with E-state index in [-0.39, 0.29) is 40.5 Å². The van der Waals surface area contributed by atoms with Crippen LogP contribution in [0.2, 0.25) is 0 Å². The Morgan fingerprint density at radius 2 is 1.71 bits per heavy atom. The van der Waals surface area contributed by atoms with Crippen LogP contribution >= 0.6 is 0 Å². The molecule has 1 amide bonds. The number of nitrogens with one attached hydrogen (secondary N) is 1. The van der Waals surface area contributed by atoms with Crippen LogP contribution in [0.1, 0.15) is 99.3 Å². The van der Waals surface area contributed by atoms with Gasteiger partial charge in [-0.3, -0.25) is 9.59 Å². The molecule has 0 spiro atoms. The first-order valence-electron chi connectivity index (χ1n) is 15.3. The van der Waals surface area contributed by atoms with E-state index < -0.39 is 40.8 Å². The second-order valence-corrected chi connectivity index (χ2v) is 15.7. The molecule has 5 aliphatic rings. The van der Waals surface area contributed by atoms with E-state index in [0.29, 0.717) is 44.2 Å². The maximum atomic E-state index is 14.4. The van der Waals surface area contributed by atoms with Gasteiger partial charge in [0.2, 0.25) is 5.91 Å². The number of carbonyl (C=O) groups is 2. The van der Waals surface area contributed by atoms with Crippen LogP contribution in [0.15, 0.2) is 16.8 Å². The molecule has 41 heavy (non-hydrogen) atoms. The van der Waals surface area contributed by atoms with Gasteiger partial charge in [-0.1, -0.05) is 52.3 Å². The zero-order valence-corrected chi connectivity index (χ0v) is 25.4.